The Morgan fingerprint density at radius 2 is 1.85 bits per heavy atom. The highest BCUT2D eigenvalue weighted by atomic mass is 16.5. The molecule has 0 bridgehead atoms. The summed E-state index contributed by atoms with van der Waals surface area (Å²) in [7, 11) is 0. The Bertz CT molecular complexity index is 423. The summed E-state index contributed by atoms with van der Waals surface area (Å²) >= 11 is 0. The van der Waals surface area contributed by atoms with Gasteiger partial charge < -0.3 is 10.1 Å². The predicted octanol–water partition coefficient (Wildman–Crippen LogP) is 4.66. The average molecular weight is 277 g/mol. The second-order valence-corrected chi connectivity index (χ2v) is 6.74. The number of hydrogen-bond acceptors (Lipinski definition) is 2. The minimum absolute atomic E-state index is 0.167. The van der Waals surface area contributed by atoms with Gasteiger partial charge in [-0.05, 0) is 57.2 Å². The molecule has 0 heterocycles. The maximum Gasteiger partial charge on any atom is 0.123 e. The van der Waals surface area contributed by atoms with Gasteiger partial charge in [-0.1, -0.05) is 32.9 Å². The first-order valence-corrected chi connectivity index (χ1v) is 7.77. The summed E-state index contributed by atoms with van der Waals surface area (Å²) in [5.41, 5.74) is 2.71. The Balaban J connectivity index is 2.70. The van der Waals surface area contributed by atoms with Crippen molar-refractivity contribution < 1.29 is 4.74 Å². The lowest BCUT2D eigenvalue weighted by Crippen LogP contribution is -2.43. The van der Waals surface area contributed by atoms with Crippen LogP contribution < -0.4 is 10.1 Å². The molecule has 2 nitrogen and oxygen atoms in total. The average Bonchev–Trinajstić information content (AvgIpc) is 2.36. The highest BCUT2D eigenvalue weighted by Crippen LogP contribution is 2.28. The van der Waals surface area contributed by atoms with Gasteiger partial charge in [0.05, 0.1) is 0 Å². The fraction of sp³-hybridized carbons (Fsp3) is 0.667. The van der Waals surface area contributed by atoms with Crippen molar-refractivity contribution in [2.75, 3.05) is 6.54 Å². The standard InChI is InChI=1S/C18H31NO/c1-8-18(6,7)19-12-15(5)20-17-11-14(4)9-10-16(17)13(2)3/h9-11,13,15,19H,8,12H2,1-7H3. The zero-order chi connectivity index (χ0) is 15.3. The topological polar surface area (TPSA) is 21.3 Å². The Morgan fingerprint density at radius 3 is 2.40 bits per heavy atom. The minimum Gasteiger partial charge on any atom is -0.489 e. The number of aryl methyl sites for hydroxylation is 1. The van der Waals surface area contributed by atoms with Crippen molar-refractivity contribution in [2.24, 2.45) is 0 Å². The molecule has 0 aliphatic rings. The van der Waals surface area contributed by atoms with Crippen LogP contribution >= 0.6 is 0 Å². The van der Waals surface area contributed by atoms with Gasteiger partial charge in [-0.3, -0.25) is 0 Å². The highest BCUT2D eigenvalue weighted by molar-refractivity contribution is 5.39. The molecule has 0 aromatic heterocycles. The Morgan fingerprint density at radius 1 is 1.20 bits per heavy atom. The van der Waals surface area contributed by atoms with Gasteiger partial charge in [0.1, 0.15) is 11.9 Å². The Hall–Kier alpha value is -1.02. The molecule has 1 rings (SSSR count). The number of hydrogen-bond donors (Lipinski definition) is 1. The Labute approximate surface area is 124 Å². The number of rotatable bonds is 7. The summed E-state index contributed by atoms with van der Waals surface area (Å²) < 4.78 is 6.17. The van der Waals surface area contributed by atoms with Crippen molar-refractivity contribution in [3.8, 4) is 5.75 Å². The second kappa shape index (κ2) is 7.12. The molecule has 0 aliphatic carbocycles. The summed E-state index contributed by atoms with van der Waals surface area (Å²) in [6, 6.07) is 6.49. The monoisotopic (exact) mass is 277 g/mol. The molecule has 114 valence electrons. The lowest BCUT2D eigenvalue weighted by atomic mass is 10.0. The van der Waals surface area contributed by atoms with E-state index in [2.05, 4.69) is 72.0 Å². The lowest BCUT2D eigenvalue weighted by Gasteiger charge is -2.27. The maximum absolute atomic E-state index is 6.17. The van der Waals surface area contributed by atoms with E-state index in [1.54, 1.807) is 0 Å². The largest absolute Gasteiger partial charge is 0.489 e. The predicted molar refractivity (Wildman–Crippen MR) is 87.7 cm³/mol. The molecule has 1 unspecified atom stereocenters. The van der Waals surface area contributed by atoms with Crippen LogP contribution in [0.1, 0.15) is 65.0 Å². The van der Waals surface area contributed by atoms with Gasteiger partial charge in [-0.15, -0.1) is 0 Å². The summed E-state index contributed by atoms with van der Waals surface area (Å²) in [5.74, 6) is 1.52. The van der Waals surface area contributed by atoms with E-state index >= 15 is 0 Å². The third-order valence-electron chi connectivity index (χ3n) is 3.87. The van der Waals surface area contributed by atoms with Gasteiger partial charge >= 0.3 is 0 Å². The fourth-order valence-electron chi connectivity index (χ4n) is 2.02. The number of nitrogens with one attached hydrogen (secondary N) is 1. The summed E-state index contributed by atoms with van der Waals surface area (Å²) in [5, 5.41) is 3.57. The van der Waals surface area contributed by atoms with Crippen molar-refractivity contribution in [1.82, 2.24) is 5.32 Å². The van der Waals surface area contributed by atoms with Crippen molar-refractivity contribution in [2.45, 2.75) is 72.4 Å². The second-order valence-electron chi connectivity index (χ2n) is 6.74. The first-order chi connectivity index (χ1) is 9.25. The van der Waals surface area contributed by atoms with Gasteiger partial charge in [0, 0.05) is 12.1 Å². The van der Waals surface area contributed by atoms with E-state index in [0.717, 1.165) is 18.7 Å². The molecular formula is C18H31NO. The van der Waals surface area contributed by atoms with Crippen LogP contribution in [-0.2, 0) is 0 Å². The quantitative estimate of drug-likeness (QED) is 0.782. The van der Waals surface area contributed by atoms with Crippen LogP contribution in [-0.4, -0.2) is 18.2 Å². The first kappa shape index (κ1) is 17.0. The molecule has 0 radical (unpaired) electrons. The first-order valence-electron chi connectivity index (χ1n) is 7.77. The van der Waals surface area contributed by atoms with E-state index in [0.29, 0.717) is 5.92 Å². The smallest absolute Gasteiger partial charge is 0.123 e. The van der Waals surface area contributed by atoms with Crippen LogP contribution in [0.15, 0.2) is 18.2 Å². The molecule has 20 heavy (non-hydrogen) atoms. The molecule has 1 aromatic carbocycles. The van der Waals surface area contributed by atoms with Crippen LogP contribution in [0.3, 0.4) is 0 Å². The highest BCUT2D eigenvalue weighted by Gasteiger charge is 2.17. The summed E-state index contributed by atoms with van der Waals surface area (Å²) in [6.45, 7) is 16.2. The molecule has 2 heteroatoms. The lowest BCUT2D eigenvalue weighted by molar-refractivity contribution is 0.196. The van der Waals surface area contributed by atoms with E-state index in [1.807, 2.05) is 0 Å². The molecule has 1 atom stereocenters. The van der Waals surface area contributed by atoms with Crippen molar-refractivity contribution in [1.29, 1.82) is 0 Å². The molecule has 0 saturated heterocycles. The normalized spacial score (nSPS) is 13.6. The van der Waals surface area contributed by atoms with Crippen LogP contribution in [0.2, 0.25) is 0 Å². The molecule has 1 aromatic rings. The molecule has 1 N–H and O–H groups in total. The molecule has 0 amide bonds. The fourth-order valence-corrected chi connectivity index (χ4v) is 2.02. The minimum atomic E-state index is 0.167. The molecule has 0 saturated carbocycles. The summed E-state index contributed by atoms with van der Waals surface area (Å²) in [6.07, 6.45) is 1.28. The SMILES string of the molecule is CCC(C)(C)NCC(C)Oc1cc(C)ccc1C(C)C. The van der Waals surface area contributed by atoms with E-state index in [-0.39, 0.29) is 11.6 Å². The number of benzene rings is 1. The van der Waals surface area contributed by atoms with E-state index in [1.165, 1.54) is 11.1 Å². The van der Waals surface area contributed by atoms with E-state index in [4.69, 9.17) is 4.74 Å². The molecule has 0 spiro atoms. The third-order valence-corrected chi connectivity index (χ3v) is 3.87. The molecular weight excluding hydrogens is 246 g/mol. The zero-order valence-electron chi connectivity index (χ0n) is 14.2. The molecule has 0 aliphatic heterocycles. The van der Waals surface area contributed by atoms with Crippen LogP contribution in [0.4, 0.5) is 0 Å². The van der Waals surface area contributed by atoms with Crippen LogP contribution in [0.25, 0.3) is 0 Å². The van der Waals surface area contributed by atoms with E-state index in [9.17, 15) is 0 Å². The van der Waals surface area contributed by atoms with E-state index < -0.39 is 0 Å². The van der Waals surface area contributed by atoms with Gasteiger partial charge in [0.25, 0.3) is 0 Å². The van der Waals surface area contributed by atoms with Crippen molar-refractivity contribution in [3.05, 3.63) is 29.3 Å². The maximum atomic E-state index is 6.17. The van der Waals surface area contributed by atoms with Crippen molar-refractivity contribution >= 4 is 0 Å². The third kappa shape index (κ3) is 5.16. The van der Waals surface area contributed by atoms with Gasteiger partial charge in [0.2, 0.25) is 0 Å². The van der Waals surface area contributed by atoms with Crippen LogP contribution in [0.5, 0.6) is 5.75 Å². The Kier molecular flexibility index (Phi) is 6.07. The summed E-state index contributed by atoms with van der Waals surface area (Å²) in [4.78, 5) is 0. The molecule has 0 fully saturated rings. The van der Waals surface area contributed by atoms with Gasteiger partial charge in [0.15, 0.2) is 0 Å². The number of ether oxygens (including phenoxy) is 1. The van der Waals surface area contributed by atoms with Crippen molar-refractivity contribution in [3.63, 3.8) is 0 Å². The van der Waals surface area contributed by atoms with Crippen LogP contribution in [0, 0.1) is 6.92 Å². The zero-order valence-corrected chi connectivity index (χ0v) is 14.2. The van der Waals surface area contributed by atoms with Gasteiger partial charge in [-0.2, -0.15) is 0 Å². The van der Waals surface area contributed by atoms with Gasteiger partial charge in [-0.25, -0.2) is 0 Å².